The summed E-state index contributed by atoms with van der Waals surface area (Å²) in [5.74, 6) is 1.85. The maximum atomic E-state index is 11.7. The zero-order valence-electron chi connectivity index (χ0n) is 16.7. The van der Waals surface area contributed by atoms with E-state index in [4.69, 9.17) is 9.73 Å². The summed E-state index contributed by atoms with van der Waals surface area (Å²) in [6.07, 6.45) is 6.96. The summed E-state index contributed by atoms with van der Waals surface area (Å²) in [6.45, 7) is 6.42. The van der Waals surface area contributed by atoms with Crippen molar-refractivity contribution in [3.05, 3.63) is 0 Å². The Labute approximate surface area is 186 Å². The van der Waals surface area contributed by atoms with E-state index >= 15 is 0 Å². The number of hydrogen-bond donors (Lipinski definition) is 1. The molecule has 0 bridgehead atoms. The number of rotatable bonds is 4. The Morgan fingerprint density at radius 2 is 1.82 bits per heavy atom. The molecule has 2 unspecified atom stereocenters. The molecule has 7 nitrogen and oxygen atoms in total. The lowest BCUT2D eigenvalue weighted by atomic mass is 10.1. The van der Waals surface area contributed by atoms with Crippen LogP contribution in [0.2, 0.25) is 0 Å². The molecular weight excluding hydrogens is 491 g/mol. The molecule has 28 heavy (non-hydrogen) atoms. The second-order valence-electron chi connectivity index (χ2n) is 8.60. The number of halogens is 1. The van der Waals surface area contributed by atoms with Crippen molar-refractivity contribution < 1.29 is 13.2 Å². The summed E-state index contributed by atoms with van der Waals surface area (Å²) in [5.41, 5.74) is 0. The molecular formula is C19H35IN4O3S. The van der Waals surface area contributed by atoms with Gasteiger partial charge in [0.2, 0.25) is 0 Å². The molecule has 1 saturated carbocycles. The maximum Gasteiger partial charge on any atom is 0.194 e. The fourth-order valence-electron chi connectivity index (χ4n) is 4.90. The van der Waals surface area contributed by atoms with Gasteiger partial charge in [0.05, 0.1) is 24.7 Å². The van der Waals surface area contributed by atoms with Crippen molar-refractivity contribution in [3.63, 3.8) is 0 Å². The fourth-order valence-corrected chi connectivity index (χ4v) is 6.75. The molecule has 0 aromatic carbocycles. The third kappa shape index (κ3) is 5.95. The van der Waals surface area contributed by atoms with Gasteiger partial charge < -0.3 is 15.0 Å². The standard InChI is InChI=1S/C19H34N4O3S.HI/c24-27(25)12-6-16(15-27)13-20-19(21-17-3-1-2-4-17)23-7-5-18(14-23)22-8-10-26-11-9-22;/h16-18H,1-15H2,(H,20,21);1H. The number of hydrogen-bond acceptors (Lipinski definition) is 5. The van der Waals surface area contributed by atoms with Gasteiger partial charge in [-0.2, -0.15) is 0 Å². The second-order valence-corrected chi connectivity index (χ2v) is 10.8. The first-order valence-corrected chi connectivity index (χ1v) is 12.5. The molecule has 162 valence electrons. The number of ether oxygens (including phenoxy) is 1. The molecule has 4 aliphatic rings. The van der Waals surface area contributed by atoms with Gasteiger partial charge in [-0.25, -0.2) is 8.42 Å². The number of nitrogens with zero attached hydrogens (tertiary/aromatic N) is 3. The second kappa shape index (κ2) is 10.3. The molecule has 1 aliphatic carbocycles. The van der Waals surface area contributed by atoms with Crippen LogP contribution in [-0.2, 0) is 14.6 Å². The molecule has 2 atom stereocenters. The predicted octanol–water partition coefficient (Wildman–Crippen LogP) is 1.33. The zero-order valence-corrected chi connectivity index (χ0v) is 19.9. The summed E-state index contributed by atoms with van der Waals surface area (Å²) in [5, 5.41) is 3.71. The lowest BCUT2D eigenvalue weighted by Gasteiger charge is -2.32. The van der Waals surface area contributed by atoms with Gasteiger partial charge in [-0.05, 0) is 31.6 Å². The molecule has 0 spiro atoms. The monoisotopic (exact) mass is 526 g/mol. The smallest absolute Gasteiger partial charge is 0.194 e. The number of morpholine rings is 1. The Bertz CT molecular complexity index is 633. The van der Waals surface area contributed by atoms with Gasteiger partial charge in [-0.1, -0.05) is 12.8 Å². The van der Waals surface area contributed by atoms with Crippen LogP contribution in [0.1, 0.15) is 38.5 Å². The molecule has 0 aromatic heterocycles. The fraction of sp³-hybridized carbons (Fsp3) is 0.947. The molecule has 0 amide bonds. The third-order valence-electron chi connectivity index (χ3n) is 6.54. The van der Waals surface area contributed by atoms with Crippen molar-refractivity contribution >= 4 is 39.8 Å². The lowest BCUT2D eigenvalue weighted by molar-refractivity contribution is 0.0194. The first-order valence-electron chi connectivity index (χ1n) is 10.7. The predicted molar refractivity (Wildman–Crippen MR) is 122 cm³/mol. The minimum Gasteiger partial charge on any atom is -0.379 e. The van der Waals surface area contributed by atoms with E-state index in [-0.39, 0.29) is 29.9 Å². The SMILES string of the molecule is I.O=S1(=O)CCC(CN=C(NC2CCCC2)N2CCC(N3CCOCC3)C2)C1. The van der Waals surface area contributed by atoms with E-state index in [0.717, 1.165) is 51.8 Å². The van der Waals surface area contributed by atoms with E-state index in [1.807, 2.05) is 0 Å². The molecule has 1 N–H and O–H groups in total. The van der Waals surface area contributed by atoms with E-state index in [9.17, 15) is 8.42 Å². The van der Waals surface area contributed by atoms with Crippen molar-refractivity contribution in [1.29, 1.82) is 0 Å². The highest BCUT2D eigenvalue weighted by atomic mass is 127. The molecule has 0 radical (unpaired) electrons. The summed E-state index contributed by atoms with van der Waals surface area (Å²) in [4.78, 5) is 9.88. The minimum atomic E-state index is -2.83. The first kappa shape index (κ1) is 22.6. The van der Waals surface area contributed by atoms with Crippen LogP contribution in [0.3, 0.4) is 0 Å². The Morgan fingerprint density at radius 1 is 1.07 bits per heavy atom. The van der Waals surface area contributed by atoms with E-state index in [1.54, 1.807) is 0 Å². The van der Waals surface area contributed by atoms with Crippen molar-refractivity contribution in [2.45, 2.75) is 50.6 Å². The van der Waals surface area contributed by atoms with Crippen LogP contribution < -0.4 is 5.32 Å². The van der Waals surface area contributed by atoms with Crippen LogP contribution in [0.25, 0.3) is 0 Å². The molecule has 3 saturated heterocycles. The first-order chi connectivity index (χ1) is 13.1. The highest BCUT2D eigenvalue weighted by Crippen LogP contribution is 2.22. The molecule has 0 aromatic rings. The topological polar surface area (TPSA) is 74.2 Å². The number of nitrogens with one attached hydrogen (secondary N) is 1. The van der Waals surface area contributed by atoms with Crippen molar-refractivity contribution in [3.8, 4) is 0 Å². The number of aliphatic imine (C=N–C) groups is 1. The maximum absolute atomic E-state index is 11.7. The van der Waals surface area contributed by atoms with E-state index in [0.29, 0.717) is 30.1 Å². The van der Waals surface area contributed by atoms with Crippen molar-refractivity contribution in [1.82, 2.24) is 15.1 Å². The van der Waals surface area contributed by atoms with Gasteiger partial charge in [0.1, 0.15) is 0 Å². The van der Waals surface area contributed by atoms with Crippen LogP contribution >= 0.6 is 24.0 Å². The van der Waals surface area contributed by atoms with E-state index in [2.05, 4.69) is 15.1 Å². The molecule has 4 fully saturated rings. The Morgan fingerprint density at radius 3 is 2.50 bits per heavy atom. The van der Waals surface area contributed by atoms with Crippen LogP contribution in [0.15, 0.2) is 4.99 Å². The normalized spacial score (nSPS) is 31.9. The van der Waals surface area contributed by atoms with Crippen molar-refractivity contribution in [2.75, 3.05) is 57.4 Å². The van der Waals surface area contributed by atoms with E-state index < -0.39 is 9.84 Å². The summed E-state index contributed by atoms with van der Waals surface area (Å²) in [7, 11) is -2.83. The van der Waals surface area contributed by atoms with Crippen molar-refractivity contribution in [2.24, 2.45) is 10.9 Å². The quantitative estimate of drug-likeness (QED) is 0.339. The summed E-state index contributed by atoms with van der Waals surface area (Å²) < 4.78 is 29.0. The minimum absolute atomic E-state index is 0. The average molecular weight is 526 g/mol. The van der Waals surface area contributed by atoms with Gasteiger partial charge in [0, 0.05) is 44.8 Å². The van der Waals surface area contributed by atoms with Crippen LogP contribution in [0.4, 0.5) is 0 Å². The van der Waals surface area contributed by atoms with Crippen LogP contribution in [0.5, 0.6) is 0 Å². The Kier molecular flexibility index (Phi) is 8.26. The number of likely N-dealkylation sites (tertiary alicyclic amines) is 1. The number of guanidine groups is 1. The average Bonchev–Trinajstić information content (AvgIpc) is 3.40. The largest absolute Gasteiger partial charge is 0.379 e. The molecule has 9 heteroatoms. The highest BCUT2D eigenvalue weighted by Gasteiger charge is 2.32. The summed E-state index contributed by atoms with van der Waals surface area (Å²) in [6, 6.07) is 1.11. The van der Waals surface area contributed by atoms with Gasteiger partial charge in [-0.3, -0.25) is 9.89 Å². The third-order valence-corrected chi connectivity index (χ3v) is 8.38. The van der Waals surface area contributed by atoms with Crippen LogP contribution in [-0.4, -0.2) is 93.7 Å². The molecule has 4 rings (SSSR count). The Hall–Kier alpha value is -0.130. The summed E-state index contributed by atoms with van der Waals surface area (Å²) >= 11 is 0. The molecule has 3 heterocycles. The number of sulfone groups is 1. The van der Waals surface area contributed by atoms with Gasteiger partial charge >= 0.3 is 0 Å². The van der Waals surface area contributed by atoms with E-state index in [1.165, 1.54) is 32.1 Å². The van der Waals surface area contributed by atoms with Gasteiger partial charge in [0.15, 0.2) is 15.8 Å². The highest BCUT2D eigenvalue weighted by molar-refractivity contribution is 14.0. The van der Waals surface area contributed by atoms with Crippen LogP contribution in [0, 0.1) is 5.92 Å². The zero-order chi connectivity index (χ0) is 18.7. The lowest BCUT2D eigenvalue weighted by Crippen LogP contribution is -2.48. The van der Waals surface area contributed by atoms with Gasteiger partial charge in [-0.15, -0.1) is 24.0 Å². The van der Waals surface area contributed by atoms with Gasteiger partial charge in [0.25, 0.3) is 0 Å². The molecule has 3 aliphatic heterocycles. The Balaban J connectivity index is 0.00000225.